The number of carboxylic acids is 1. The number of H-pyrrole nitrogens is 1. The molecule has 0 aliphatic carbocycles. The fourth-order valence-electron chi connectivity index (χ4n) is 2.57. The van der Waals surface area contributed by atoms with Gasteiger partial charge in [0.15, 0.2) is 11.5 Å². The van der Waals surface area contributed by atoms with Gasteiger partial charge in [0, 0.05) is 11.5 Å². The third-order valence-electron chi connectivity index (χ3n) is 3.90. The normalized spacial score (nSPS) is 12.6. The van der Waals surface area contributed by atoms with Gasteiger partial charge in [0.05, 0.1) is 28.5 Å². The van der Waals surface area contributed by atoms with Gasteiger partial charge in [0.2, 0.25) is 6.79 Å². The van der Waals surface area contributed by atoms with Crippen molar-refractivity contribution in [2.45, 2.75) is 0 Å². The van der Waals surface area contributed by atoms with Crippen LogP contribution in [0.2, 0.25) is 0 Å². The lowest BCUT2D eigenvalue weighted by Crippen LogP contribution is -2.12. The molecular formula is C18H13N3O5. The van der Waals surface area contributed by atoms with Gasteiger partial charge in [-0.05, 0) is 36.4 Å². The van der Waals surface area contributed by atoms with Crippen LogP contribution in [0.4, 0.5) is 5.69 Å². The first kappa shape index (κ1) is 15.7. The molecule has 4 rings (SSSR count). The average molecular weight is 351 g/mol. The van der Waals surface area contributed by atoms with Crippen LogP contribution in [0.25, 0.3) is 10.9 Å². The molecule has 0 radical (unpaired) electrons. The van der Waals surface area contributed by atoms with Gasteiger partial charge in [-0.3, -0.25) is 10.2 Å². The molecule has 1 aromatic heterocycles. The van der Waals surface area contributed by atoms with E-state index in [0.717, 1.165) is 5.39 Å². The summed E-state index contributed by atoms with van der Waals surface area (Å²) in [6.45, 7) is 0.161. The van der Waals surface area contributed by atoms with Crippen molar-refractivity contribution in [2.75, 3.05) is 12.2 Å². The summed E-state index contributed by atoms with van der Waals surface area (Å²) >= 11 is 0. The van der Waals surface area contributed by atoms with Gasteiger partial charge in [0.25, 0.3) is 5.56 Å². The predicted molar refractivity (Wildman–Crippen MR) is 95.3 cm³/mol. The molecule has 0 spiro atoms. The van der Waals surface area contributed by atoms with Crippen LogP contribution in [-0.2, 0) is 0 Å². The van der Waals surface area contributed by atoms with E-state index in [1.165, 1.54) is 18.3 Å². The minimum absolute atomic E-state index is 0.161. The Morgan fingerprint density at radius 3 is 2.62 bits per heavy atom. The van der Waals surface area contributed by atoms with Crippen molar-refractivity contribution in [3.63, 3.8) is 0 Å². The first-order valence-corrected chi connectivity index (χ1v) is 7.69. The number of aromatic carboxylic acids is 1. The number of fused-ring (bicyclic) bond motifs is 2. The van der Waals surface area contributed by atoms with Crippen molar-refractivity contribution in [1.29, 1.82) is 0 Å². The van der Waals surface area contributed by atoms with E-state index in [-0.39, 0.29) is 17.9 Å². The summed E-state index contributed by atoms with van der Waals surface area (Å²) in [4.78, 5) is 25.8. The van der Waals surface area contributed by atoms with Crippen molar-refractivity contribution >= 4 is 28.8 Å². The van der Waals surface area contributed by atoms with E-state index in [4.69, 9.17) is 14.6 Å². The molecule has 0 fully saturated rings. The van der Waals surface area contributed by atoms with E-state index in [9.17, 15) is 9.59 Å². The number of aromatic amines is 1. The number of benzene rings is 2. The van der Waals surface area contributed by atoms with Crippen LogP contribution in [0, 0.1) is 0 Å². The molecule has 0 bridgehead atoms. The highest BCUT2D eigenvalue weighted by Gasteiger charge is 2.15. The van der Waals surface area contributed by atoms with Crippen LogP contribution in [-0.4, -0.2) is 29.1 Å². The third-order valence-corrected chi connectivity index (χ3v) is 3.90. The number of nitrogens with one attached hydrogen (secondary N) is 2. The lowest BCUT2D eigenvalue weighted by Gasteiger charge is -2.03. The fraction of sp³-hybridized carbons (Fsp3) is 0.0556. The number of nitrogens with zero attached hydrogens (tertiary/aromatic N) is 1. The zero-order chi connectivity index (χ0) is 18.1. The van der Waals surface area contributed by atoms with Crippen molar-refractivity contribution in [1.82, 2.24) is 4.98 Å². The summed E-state index contributed by atoms with van der Waals surface area (Å²) in [5.74, 6) is 0.230. The molecule has 0 amide bonds. The molecule has 0 saturated heterocycles. The summed E-state index contributed by atoms with van der Waals surface area (Å²) in [5, 5.41) is 13.7. The topological polar surface area (TPSA) is 113 Å². The Bertz CT molecular complexity index is 1090. The Hall–Kier alpha value is -3.81. The average Bonchev–Trinajstić information content (AvgIpc) is 3.08. The predicted octanol–water partition coefficient (Wildman–Crippen LogP) is 2.40. The lowest BCUT2D eigenvalue weighted by molar-refractivity contribution is 0.0697. The van der Waals surface area contributed by atoms with E-state index < -0.39 is 5.97 Å². The molecule has 3 N–H and O–H groups in total. The van der Waals surface area contributed by atoms with E-state index in [0.29, 0.717) is 28.3 Å². The number of hydrazone groups is 1. The quantitative estimate of drug-likeness (QED) is 0.491. The molecule has 3 aromatic rings. The van der Waals surface area contributed by atoms with Crippen molar-refractivity contribution in [3.8, 4) is 11.5 Å². The molecule has 0 unspecified atom stereocenters. The maximum absolute atomic E-state index is 12.2. The van der Waals surface area contributed by atoms with Gasteiger partial charge < -0.3 is 19.6 Å². The molecular weight excluding hydrogens is 338 g/mol. The van der Waals surface area contributed by atoms with Crippen LogP contribution < -0.4 is 20.5 Å². The number of anilines is 1. The fourth-order valence-corrected chi connectivity index (χ4v) is 2.57. The van der Waals surface area contributed by atoms with Crippen LogP contribution in [0.3, 0.4) is 0 Å². The number of hydrogen-bond acceptors (Lipinski definition) is 6. The van der Waals surface area contributed by atoms with E-state index >= 15 is 0 Å². The van der Waals surface area contributed by atoms with Crippen LogP contribution in [0.5, 0.6) is 11.5 Å². The van der Waals surface area contributed by atoms with E-state index in [1.807, 2.05) is 0 Å². The second-order valence-electron chi connectivity index (χ2n) is 5.60. The van der Waals surface area contributed by atoms with Gasteiger partial charge >= 0.3 is 5.97 Å². The molecule has 26 heavy (non-hydrogen) atoms. The Morgan fingerprint density at radius 1 is 1.15 bits per heavy atom. The molecule has 130 valence electrons. The third kappa shape index (κ3) is 2.95. The molecule has 8 nitrogen and oxygen atoms in total. The molecule has 0 atom stereocenters. The minimum atomic E-state index is -0.997. The molecule has 2 aromatic carbocycles. The summed E-state index contributed by atoms with van der Waals surface area (Å²) in [5.41, 5.74) is 4.27. The largest absolute Gasteiger partial charge is 0.478 e. The monoisotopic (exact) mass is 351 g/mol. The Morgan fingerprint density at radius 2 is 1.88 bits per heavy atom. The second kappa shape index (κ2) is 6.25. The number of carboxylic acid groups (broad SMARTS) is 1. The highest BCUT2D eigenvalue weighted by atomic mass is 16.7. The highest BCUT2D eigenvalue weighted by Crippen LogP contribution is 2.35. The minimum Gasteiger partial charge on any atom is -0.478 e. The molecule has 8 heteroatoms. The first-order valence-electron chi connectivity index (χ1n) is 7.69. The maximum Gasteiger partial charge on any atom is 0.335 e. The zero-order valence-corrected chi connectivity index (χ0v) is 13.4. The second-order valence-corrected chi connectivity index (χ2v) is 5.60. The Kier molecular flexibility index (Phi) is 3.77. The van der Waals surface area contributed by atoms with Crippen molar-refractivity contribution in [3.05, 3.63) is 63.9 Å². The molecule has 2 heterocycles. The number of pyridine rings is 1. The molecule has 1 aliphatic heterocycles. The van der Waals surface area contributed by atoms with Gasteiger partial charge in [-0.25, -0.2) is 4.79 Å². The van der Waals surface area contributed by atoms with Gasteiger partial charge in [-0.2, -0.15) is 5.10 Å². The summed E-state index contributed by atoms with van der Waals surface area (Å²) in [7, 11) is 0. The Labute approximate surface area is 146 Å². The summed E-state index contributed by atoms with van der Waals surface area (Å²) in [6, 6.07) is 11.3. The van der Waals surface area contributed by atoms with Gasteiger partial charge in [-0.15, -0.1) is 0 Å². The van der Waals surface area contributed by atoms with Crippen LogP contribution >= 0.6 is 0 Å². The van der Waals surface area contributed by atoms with Crippen molar-refractivity contribution < 1.29 is 19.4 Å². The van der Waals surface area contributed by atoms with Gasteiger partial charge in [-0.1, -0.05) is 0 Å². The number of rotatable bonds is 4. The summed E-state index contributed by atoms with van der Waals surface area (Å²) < 4.78 is 10.6. The molecule has 0 saturated carbocycles. The maximum atomic E-state index is 12.2. The Balaban J connectivity index is 1.57. The zero-order valence-electron chi connectivity index (χ0n) is 13.4. The van der Waals surface area contributed by atoms with Crippen LogP contribution in [0.1, 0.15) is 15.9 Å². The number of carbonyl (C=O) groups is 1. The number of ether oxygens (including phenoxy) is 2. The van der Waals surface area contributed by atoms with E-state index in [1.54, 1.807) is 30.3 Å². The highest BCUT2D eigenvalue weighted by molar-refractivity contribution is 5.90. The smallest absolute Gasteiger partial charge is 0.335 e. The number of aromatic nitrogens is 1. The van der Waals surface area contributed by atoms with E-state index in [2.05, 4.69) is 15.5 Å². The number of hydrogen-bond donors (Lipinski definition) is 3. The molecule has 1 aliphatic rings. The SMILES string of the molecule is O=C(O)c1ccc(N/N=C/c2cc3cc4c(cc3[nH]c2=O)OCO4)cc1. The lowest BCUT2D eigenvalue weighted by atomic mass is 10.1. The van der Waals surface area contributed by atoms with Crippen LogP contribution in [0.15, 0.2) is 52.4 Å². The summed E-state index contributed by atoms with van der Waals surface area (Å²) in [6.07, 6.45) is 1.40. The standard InChI is InChI=1S/C18H13N3O5/c22-17-12(8-19-21-13-3-1-10(2-4-13)18(23)24)5-11-6-15-16(26-9-25-15)7-14(11)20-17/h1-8,21H,9H2,(H,20,22)(H,23,24)/b19-8+. The van der Waals surface area contributed by atoms with Crippen molar-refractivity contribution in [2.24, 2.45) is 5.10 Å². The first-order chi connectivity index (χ1) is 12.6. The van der Waals surface area contributed by atoms with Gasteiger partial charge in [0.1, 0.15) is 0 Å².